The zero-order valence-electron chi connectivity index (χ0n) is 27.6. The summed E-state index contributed by atoms with van der Waals surface area (Å²) in [5.74, 6) is -1.24. The number of aromatic nitrogens is 2. The molecule has 0 aromatic carbocycles. The van der Waals surface area contributed by atoms with E-state index in [1.807, 2.05) is 52.8 Å². The molecular formula is C34H49N3O7. The molecule has 2 aromatic heterocycles. The molecule has 1 N–H and O–H groups in total. The van der Waals surface area contributed by atoms with Gasteiger partial charge in [-0.3, -0.25) is 4.79 Å². The lowest BCUT2D eigenvalue weighted by molar-refractivity contribution is -0.159. The molecule has 0 bridgehead atoms. The molecule has 2 fully saturated rings. The number of nitrogens with zero attached hydrogens (tertiary/aromatic N) is 3. The third-order valence-corrected chi connectivity index (χ3v) is 8.37. The quantitative estimate of drug-likeness (QED) is 0.379. The van der Waals surface area contributed by atoms with Crippen molar-refractivity contribution in [1.29, 1.82) is 0 Å². The van der Waals surface area contributed by atoms with Crippen LogP contribution in [0.3, 0.4) is 0 Å². The van der Waals surface area contributed by atoms with Crippen molar-refractivity contribution in [3.63, 3.8) is 0 Å². The summed E-state index contributed by atoms with van der Waals surface area (Å²) in [7, 11) is 1.57. The van der Waals surface area contributed by atoms with Gasteiger partial charge in [0.15, 0.2) is 0 Å². The molecule has 242 valence electrons. The molecule has 4 rings (SSSR count). The molecule has 2 aliphatic rings. The zero-order valence-corrected chi connectivity index (χ0v) is 27.6. The number of pyridine rings is 2. The molecule has 44 heavy (non-hydrogen) atoms. The van der Waals surface area contributed by atoms with Crippen LogP contribution >= 0.6 is 0 Å². The zero-order chi connectivity index (χ0) is 32.4. The van der Waals surface area contributed by atoms with Crippen LogP contribution in [0.15, 0.2) is 30.5 Å². The highest BCUT2D eigenvalue weighted by Gasteiger charge is 2.60. The van der Waals surface area contributed by atoms with E-state index in [0.717, 1.165) is 24.1 Å². The molecule has 0 unspecified atom stereocenters. The van der Waals surface area contributed by atoms with E-state index >= 15 is 0 Å². The van der Waals surface area contributed by atoms with Crippen LogP contribution in [0.25, 0.3) is 0 Å². The molecule has 0 radical (unpaired) electrons. The van der Waals surface area contributed by atoms with Crippen molar-refractivity contribution in [2.24, 2.45) is 11.3 Å². The van der Waals surface area contributed by atoms with Crippen molar-refractivity contribution in [1.82, 2.24) is 14.9 Å². The minimum atomic E-state index is -1.17. The Bertz CT molecular complexity index is 1310. The second kappa shape index (κ2) is 13.4. The van der Waals surface area contributed by atoms with Gasteiger partial charge in [0.2, 0.25) is 11.8 Å². The number of carboxylic acids is 1. The largest absolute Gasteiger partial charge is 0.481 e. The van der Waals surface area contributed by atoms with E-state index in [-0.39, 0.29) is 24.0 Å². The van der Waals surface area contributed by atoms with E-state index in [1.165, 1.54) is 4.90 Å². The van der Waals surface area contributed by atoms with E-state index in [2.05, 4.69) is 25.8 Å². The summed E-state index contributed by atoms with van der Waals surface area (Å²) in [6.07, 6.45) is 2.21. The number of carbonyl (C=O) groups excluding carboxylic acids is 1. The van der Waals surface area contributed by atoms with Crippen molar-refractivity contribution in [2.75, 3.05) is 13.7 Å². The summed E-state index contributed by atoms with van der Waals surface area (Å²) in [6.45, 7) is 16.6. The number of hydrogen-bond acceptors (Lipinski definition) is 8. The van der Waals surface area contributed by atoms with Gasteiger partial charge in [0.05, 0.1) is 32.0 Å². The summed E-state index contributed by atoms with van der Waals surface area (Å²) in [6, 6.07) is 5.55. The van der Waals surface area contributed by atoms with Crippen LogP contribution in [0.5, 0.6) is 11.8 Å². The third-order valence-electron chi connectivity index (χ3n) is 8.37. The molecule has 10 heteroatoms. The third kappa shape index (κ3) is 7.18. The van der Waals surface area contributed by atoms with Gasteiger partial charge in [0.1, 0.15) is 12.1 Å². The molecule has 0 aliphatic carbocycles. The minimum absolute atomic E-state index is 0.100. The number of amides is 1. The Labute approximate surface area is 261 Å². The van der Waals surface area contributed by atoms with Crippen LogP contribution in [-0.4, -0.2) is 69.9 Å². The summed E-state index contributed by atoms with van der Waals surface area (Å²) in [4.78, 5) is 38.3. The highest BCUT2D eigenvalue weighted by molar-refractivity contribution is 5.88. The Balaban J connectivity index is 1.86. The topological polar surface area (TPSA) is 120 Å². The van der Waals surface area contributed by atoms with Gasteiger partial charge in [-0.05, 0) is 62.8 Å². The average Bonchev–Trinajstić information content (AvgIpc) is 3.31. The van der Waals surface area contributed by atoms with Crippen LogP contribution in [0, 0.1) is 11.3 Å². The predicted octanol–water partition coefficient (Wildman–Crippen LogP) is 5.72. The lowest BCUT2D eigenvalue weighted by atomic mass is 9.73. The van der Waals surface area contributed by atoms with Crippen LogP contribution in [0.4, 0.5) is 0 Å². The fourth-order valence-electron chi connectivity index (χ4n) is 6.33. The van der Waals surface area contributed by atoms with Crippen LogP contribution in [0.1, 0.15) is 97.5 Å². The van der Waals surface area contributed by atoms with Gasteiger partial charge in [0, 0.05) is 41.0 Å². The maximum atomic E-state index is 14.3. The molecule has 2 saturated heterocycles. The number of aliphatic carboxylic acids is 1. The first-order valence-corrected chi connectivity index (χ1v) is 15.6. The molecule has 5 atom stereocenters. The van der Waals surface area contributed by atoms with E-state index in [1.54, 1.807) is 19.4 Å². The van der Waals surface area contributed by atoms with E-state index < -0.39 is 41.6 Å². The number of likely N-dealkylation sites (tertiary alicyclic amines) is 1. The van der Waals surface area contributed by atoms with Gasteiger partial charge in [0.25, 0.3) is 5.91 Å². The van der Waals surface area contributed by atoms with Crippen LogP contribution < -0.4 is 9.47 Å². The Morgan fingerprint density at radius 1 is 1.09 bits per heavy atom. The molecular weight excluding hydrogens is 562 g/mol. The Morgan fingerprint density at radius 2 is 1.82 bits per heavy atom. The smallest absolute Gasteiger partial charge is 0.326 e. The maximum Gasteiger partial charge on any atom is 0.326 e. The minimum Gasteiger partial charge on any atom is -0.481 e. The first-order chi connectivity index (χ1) is 20.6. The number of rotatable bonds is 9. The summed E-state index contributed by atoms with van der Waals surface area (Å²) >= 11 is 0. The standard InChI is InChI=1S/C34H49N3O7/c1-20(2)44-30-22(13-12-17-35-30)26-28(43-19-21-15-16-24(33(3,4)5)36-29(21)41-9)25(34(6,7)8)27(32(39)40)37(26)31(38)23-14-10-11-18-42-23/h12-13,15-17,20,23,25-28H,10-11,14,18-19H2,1-9H3,(H,39,40)/t23-,25+,26-,27-,28-/m0/s1. The molecule has 4 heterocycles. The average molecular weight is 612 g/mol. The lowest BCUT2D eigenvalue weighted by Gasteiger charge is -2.35. The molecule has 2 aliphatic heterocycles. The van der Waals surface area contributed by atoms with Crippen molar-refractivity contribution in [3.8, 4) is 11.8 Å². The molecule has 1 amide bonds. The fourth-order valence-corrected chi connectivity index (χ4v) is 6.33. The van der Waals surface area contributed by atoms with Gasteiger partial charge < -0.3 is 29.0 Å². The highest BCUT2D eigenvalue weighted by atomic mass is 16.5. The molecule has 0 saturated carbocycles. The normalized spacial score (nSPS) is 24.4. The van der Waals surface area contributed by atoms with Crippen LogP contribution in [-0.2, 0) is 31.1 Å². The summed E-state index contributed by atoms with van der Waals surface area (Å²) in [5, 5.41) is 10.8. The van der Waals surface area contributed by atoms with Gasteiger partial charge in [-0.15, -0.1) is 0 Å². The predicted molar refractivity (Wildman–Crippen MR) is 166 cm³/mol. The number of ether oxygens (including phenoxy) is 4. The highest BCUT2D eigenvalue weighted by Crippen LogP contribution is 2.51. The number of methoxy groups -OCH3 is 1. The Morgan fingerprint density at radius 3 is 2.39 bits per heavy atom. The first-order valence-electron chi connectivity index (χ1n) is 15.6. The SMILES string of the molecule is COc1nc(C(C)(C)C)ccc1CO[C@H]1[C@H](C(C)(C)C)[C@@H](C(=O)O)N(C(=O)[C@@H]2CCCCO2)[C@H]1c1cccnc1OC(C)C. The van der Waals surface area contributed by atoms with E-state index in [0.29, 0.717) is 30.4 Å². The lowest BCUT2D eigenvalue weighted by Crippen LogP contribution is -2.51. The van der Waals surface area contributed by atoms with Gasteiger partial charge >= 0.3 is 5.97 Å². The van der Waals surface area contributed by atoms with E-state index in [4.69, 9.17) is 23.9 Å². The van der Waals surface area contributed by atoms with Crippen LogP contribution in [0.2, 0.25) is 0 Å². The second-order valence-corrected chi connectivity index (χ2v) is 14.2. The number of hydrogen-bond donors (Lipinski definition) is 1. The Kier molecular flexibility index (Phi) is 10.2. The summed E-state index contributed by atoms with van der Waals surface area (Å²) in [5.41, 5.74) is 1.47. The number of carbonyl (C=O) groups is 2. The van der Waals surface area contributed by atoms with Crippen molar-refractivity contribution in [2.45, 2.75) is 117 Å². The fraction of sp³-hybridized carbons (Fsp3) is 0.647. The van der Waals surface area contributed by atoms with Gasteiger partial charge in [-0.1, -0.05) is 41.5 Å². The van der Waals surface area contributed by atoms with Gasteiger partial charge in [-0.2, -0.15) is 0 Å². The first kappa shape index (κ1) is 33.6. The molecule has 0 spiro atoms. The van der Waals surface area contributed by atoms with Gasteiger partial charge in [-0.25, -0.2) is 14.8 Å². The van der Waals surface area contributed by atoms with Crippen molar-refractivity contribution >= 4 is 11.9 Å². The van der Waals surface area contributed by atoms with Crippen molar-refractivity contribution < 1.29 is 33.6 Å². The monoisotopic (exact) mass is 611 g/mol. The molecule has 10 nitrogen and oxygen atoms in total. The van der Waals surface area contributed by atoms with Crippen molar-refractivity contribution in [3.05, 3.63) is 47.3 Å². The maximum absolute atomic E-state index is 14.3. The van der Waals surface area contributed by atoms with E-state index in [9.17, 15) is 14.7 Å². The Hall–Kier alpha value is -3.24. The number of carboxylic acid groups (broad SMARTS) is 1. The summed E-state index contributed by atoms with van der Waals surface area (Å²) < 4.78 is 24.5. The second-order valence-electron chi connectivity index (χ2n) is 14.2. The molecule has 2 aromatic rings.